The summed E-state index contributed by atoms with van der Waals surface area (Å²) in [7, 11) is 0. The third kappa shape index (κ3) is 1.37. The second kappa shape index (κ2) is 3.06. The van der Waals surface area contributed by atoms with E-state index in [0.29, 0.717) is 5.82 Å². The Hall–Kier alpha value is -1.42. The summed E-state index contributed by atoms with van der Waals surface area (Å²) in [4.78, 5) is 17.3. The fraction of sp³-hybridized carbons (Fsp3) is 0.400. The lowest BCUT2D eigenvalue weighted by Crippen LogP contribution is -2.42. The Labute approximate surface area is 82.5 Å². The van der Waals surface area contributed by atoms with E-state index in [4.69, 9.17) is 4.74 Å². The van der Waals surface area contributed by atoms with Crippen LogP contribution in [0.4, 0.5) is 5.82 Å². The predicted octanol–water partition coefficient (Wildman–Crippen LogP) is 1.18. The Kier molecular flexibility index (Phi) is 2.00. The summed E-state index contributed by atoms with van der Waals surface area (Å²) in [6.07, 6.45) is 1.66. The van der Waals surface area contributed by atoms with Gasteiger partial charge in [-0.15, -0.1) is 0 Å². The van der Waals surface area contributed by atoms with Crippen molar-refractivity contribution in [3.8, 4) is 0 Å². The Bertz CT molecular complexity index is 348. The van der Waals surface area contributed by atoms with E-state index >= 15 is 0 Å². The highest BCUT2D eigenvalue weighted by Crippen LogP contribution is 2.27. The van der Waals surface area contributed by atoms with Gasteiger partial charge in [0.1, 0.15) is 18.1 Å². The number of rotatable bonds is 1. The van der Waals surface area contributed by atoms with E-state index in [1.54, 1.807) is 17.2 Å². The van der Waals surface area contributed by atoms with Crippen LogP contribution in [0.15, 0.2) is 24.4 Å². The van der Waals surface area contributed by atoms with Crippen molar-refractivity contribution in [1.82, 2.24) is 4.98 Å². The zero-order valence-corrected chi connectivity index (χ0v) is 8.23. The number of carbonyl (C=O) groups excluding carboxylic acids is 1. The maximum Gasteiger partial charge on any atom is 0.256 e. The van der Waals surface area contributed by atoms with Gasteiger partial charge in [-0.3, -0.25) is 9.69 Å². The molecule has 0 unspecified atom stereocenters. The van der Waals surface area contributed by atoms with Gasteiger partial charge in [-0.25, -0.2) is 4.98 Å². The summed E-state index contributed by atoms with van der Waals surface area (Å²) < 4.78 is 5.36. The molecule has 1 aromatic rings. The van der Waals surface area contributed by atoms with Crippen LogP contribution in [0.2, 0.25) is 0 Å². The van der Waals surface area contributed by atoms with Gasteiger partial charge in [-0.1, -0.05) is 6.07 Å². The van der Waals surface area contributed by atoms with Crippen molar-refractivity contribution in [2.45, 2.75) is 19.6 Å². The van der Waals surface area contributed by atoms with E-state index in [-0.39, 0.29) is 12.5 Å². The van der Waals surface area contributed by atoms with Crippen molar-refractivity contribution in [3.05, 3.63) is 24.4 Å². The maximum atomic E-state index is 11.6. The number of nitrogens with zero attached hydrogens (tertiary/aromatic N) is 2. The average Bonchev–Trinajstić information content (AvgIpc) is 2.42. The fourth-order valence-electron chi connectivity index (χ4n) is 1.56. The molecule has 1 aliphatic rings. The number of anilines is 1. The first-order chi connectivity index (χ1) is 6.61. The minimum atomic E-state index is -0.592. The molecule has 2 heterocycles. The van der Waals surface area contributed by atoms with Gasteiger partial charge in [0.25, 0.3) is 5.91 Å². The Balaban J connectivity index is 2.38. The average molecular weight is 192 g/mol. The number of amides is 1. The molecular weight excluding hydrogens is 180 g/mol. The lowest BCUT2D eigenvalue weighted by atomic mass is 10.2. The second-order valence-corrected chi connectivity index (χ2v) is 3.65. The minimum absolute atomic E-state index is 0.0475. The molecule has 1 aliphatic heterocycles. The molecule has 0 radical (unpaired) electrons. The highest BCUT2D eigenvalue weighted by Gasteiger charge is 2.40. The van der Waals surface area contributed by atoms with Gasteiger partial charge >= 0.3 is 0 Å². The van der Waals surface area contributed by atoms with Crippen molar-refractivity contribution in [1.29, 1.82) is 0 Å². The lowest BCUT2D eigenvalue weighted by molar-refractivity contribution is -0.117. The molecule has 0 bridgehead atoms. The third-order valence-corrected chi connectivity index (χ3v) is 2.22. The van der Waals surface area contributed by atoms with Gasteiger partial charge in [-0.05, 0) is 26.0 Å². The predicted molar refractivity (Wildman–Crippen MR) is 51.8 cm³/mol. The van der Waals surface area contributed by atoms with Crippen LogP contribution < -0.4 is 4.90 Å². The van der Waals surface area contributed by atoms with Gasteiger partial charge in [0.05, 0.1) is 0 Å². The molecule has 0 atom stereocenters. The number of hydrogen-bond donors (Lipinski definition) is 0. The Morgan fingerprint density at radius 3 is 2.79 bits per heavy atom. The molecule has 1 saturated heterocycles. The zero-order valence-electron chi connectivity index (χ0n) is 8.23. The SMILES string of the molecule is CC1(C)OCC(=O)N1c1ccccn1. The zero-order chi connectivity index (χ0) is 10.2. The molecule has 1 amide bonds. The van der Waals surface area contributed by atoms with E-state index in [2.05, 4.69) is 4.98 Å². The highest BCUT2D eigenvalue weighted by molar-refractivity contribution is 5.96. The van der Waals surface area contributed by atoms with Crippen LogP contribution >= 0.6 is 0 Å². The third-order valence-electron chi connectivity index (χ3n) is 2.22. The lowest BCUT2D eigenvalue weighted by Gasteiger charge is -2.28. The van der Waals surface area contributed by atoms with Crippen molar-refractivity contribution in [2.75, 3.05) is 11.5 Å². The number of carbonyl (C=O) groups is 1. The maximum absolute atomic E-state index is 11.6. The van der Waals surface area contributed by atoms with Crippen LogP contribution in [-0.4, -0.2) is 23.2 Å². The molecule has 1 aromatic heterocycles. The molecule has 0 aliphatic carbocycles. The number of hydrogen-bond acceptors (Lipinski definition) is 3. The minimum Gasteiger partial charge on any atom is -0.346 e. The molecule has 14 heavy (non-hydrogen) atoms. The molecule has 0 aromatic carbocycles. The molecular formula is C10H12N2O2. The molecule has 0 saturated carbocycles. The number of ether oxygens (including phenoxy) is 1. The van der Waals surface area contributed by atoms with Crippen LogP contribution in [0.5, 0.6) is 0 Å². The molecule has 1 fully saturated rings. The van der Waals surface area contributed by atoms with Crippen molar-refractivity contribution >= 4 is 11.7 Å². The first-order valence-corrected chi connectivity index (χ1v) is 4.49. The summed E-state index contributed by atoms with van der Waals surface area (Å²) >= 11 is 0. The quantitative estimate of drug-likeness (QED) is 0.671. The molecule has 0 spiro atoms. The standard InChI is InChI=1S/C10H12N2O2/c1-10(2)12(9(13)7-14-10)8-5-3-4-6-11-8/h3-6H,7H2,1-2H3. The van der Waals surface area contributed by atoms with E-state index in [0.717, 1.165) is 0 Å². The summed E-state index contributed by atoms with van der Waals surface area (Å²) in [5.74, 6) is 0.591. The van der Waals surface area contributed by atoms with Crippen molar-refractivity contribution in [2.24, 2.45) is 0 Å². The summed E-state index contributed by atoms with van der Waals surface area (Å²) in [5.41, 5.74) is -0.592. The molecule has 74 valence electrons. The topological polar surface area (TPSA) is 42.4 Å². The number of aromatic nitrogens is 1. The molecule has 0 N–H and O–H groups in total. The van der Waals surface area contributed by atoms with Gasteiger partial charge in [0.2, 0.25) is 0 Å². The highest BCUT2D eigenvalue weighted by atomic mass is 16.5. The Morgan fingerprint density at radius 1 is 1.50 bits per heavy atom. The van der Waals surface area contributed by atoms with Gasteiger partial charge in [0, 0.05) is 6.20 Å². The Morgan fingerprint density at radius 2 is 2.29 bits per heavy atom. The summed E-state index contributed by atoms with van der Waals surface area (Å²) in [5, 5.41) is 0. The fourth-order valence-corrected chi connectivity index (χ4v) is 1.56. The summed E-state index contributed by atoms with van der Waals surface area (Å²) in [6, 6.07) is 5.47. The van der Waals surface area contributed by atoms with Crippen LogP contribution in [-0.2, 0) is 9.53 Å². The van der Waals surface area contributed by atoms with E-state index in [9.17, 15) is 4.79 Å². The van der Waals surface area contributed by atoms with Crippen LogP contribution in [0.25, 0.3) is 0 Å². The molecule has 4 heteroatoms. The van der Waals surface area contributed by atoms with Gasteiger partial charge < -0.3 is 4.74 Å². The van der Waals surface area contributed by atoms with E-state index in [1.165, 1.54) is 0 Å². The largest absolute Gasteiger partial charge is 0.346 e. The summed E-state index contributed by atoms with van der Waals surface area (Å²) in [6.45, 7) is 3.84. The number of pyridine rings is 1. The van der Waals surface area contributed by atoms with Crippen LogP contribution in [0.1, 0.15) is 13.8 Å². The van der Waals surface area contributed by atoms with E-state index < -0.39 is 5.72 Å². The van der Waals surface area contributed by atoms with Crippen molar-refractivity contribution in [3.63, 3.8) is 0 Å². The van der Waals surface area contributed by atoms with Crippen molar-refractivity contribution < 1.29 is 9.53 Å². The monoisotopic (exact) mass is 192 g/mol. The van der Waals surface area contributed by atoms with Gasteiger partial charge in [0.15, 0.2) is 0 Å². The molecule has 4 nitrogen and oxygen atoms in total. The molecule has 2 rings (SSSR count). The normalized spacial score (nSPS) is 20.1. The first-order valence-electron chi connectivity index (χ1n) is 4.49. The van der Waals surface area contributed by atoms with Gasteiger partial charge in [-0.2, -0.15) is 0 Å². The smallest absolute Gasteiger partial charge is 0.256 e. The second-order valence-electron chi connectivity index (χ2n) is 3.65. The van der Waals surface area contributed by atoms with Crippen LogP contribution in [0.3, 0.4) is 0 Å². The first kappa shape index (κ1) is 9.15. The van der Waals surface area contributed by atoms with Crippen LogP contribution in [0, 0.1) is 0 Å². The van der Waals surface area contributed by atoms with E-state index in [1.807, 2.05) is 26.0 Å².